The molecule has 0 spiro atoms. The van der Waals surface area contributed by atoms with Crippen LogP contribution >= 0.6 is 0 Å². The zero-order valence-corrected chi connectivity index (χ0v) is 19.8. The van der Waals surface area contributed by atoms with Crippen molar-refractivity contribution in [2.45, 2.75) is 44.2 Å². The normalized spacial score (nSPS) is 14.5. The van der Waals surface area contributed by atoms with Gasteiger partial charge in [0.2, 0.25) is 11.8 Å². The number of carbonyl (C=O) groups excluding carboxylic acids is 3. The molecule has 0 saturated heterocycles. The smallest absolute Gasteiger partial charge is 0.338 e. The lowest BCUT2D eigenvalue weighted by atomic mass is 9.95. The zero-order valence-electron chi connectivity index (χ0n) is 19.8. The molecule has 3 rings (SSSR count). The Kier molecular flexibility index (Phi) is 9.41. The number of amides is 2. The molecule has 12 nitrogen and oxygen atoms in total. The number of ether oxygens (including phenoxy) is 1. The van der Waals surface area contributed by atoms with Crippen LogP contribution in [0.3, 0.4) is 0 Å². The first kappa shape index (κ1) is 27.0. The van der Waals surface area contributed by atoms with Gasteiger partial charge in [-0.15, -0.1) is 0 Å². The Morgan fingerprint density at radius 2 is 1.59 bits per heavy atom. The van der Waals surface area contributed by atoms with Crippen LogP contribution in [0.4, 0.5) is 11.4 Å². The maximum Gasteiger partial charge on any atom is 0.338 e. The molecule has 1 aliphatic carbocycles. The number of nitrogens with zero attached hydrogens (tertiary/aromatic N) is 2. The quantitative estimate of drug-likeness (QED) is 0.212. The van der Waals surface area contributed by atoms with Gasteiger partial charge in [0.05, 0.1) is 21.5 Å². The van der Waals surface area contributed by atoms with E-state index in [1.54, 1.807) is 30.3 Å². The van der Waals surface area contributed by atoms with E-state index < -0.39 is 57.2 Å². The number of nitro benzene ring substituents is 2. The lowest BCUT2D eigenvalue weighted by Crippen LogP contribution is -2.52. The van der Waals surface area contributed by atoms with E-state index in [2.05, 4.69) is 10.6 Å². The minimum Gasteiger partial charge on any atom is -0.459 e. The largest absolute Gasteiger partial charge is 0.459 e. The van der Waals surface area contributed by atoms with Crippen molar-refractivity contribution < 1.29 is 29.0 Å². The monoisotopic (exact) mass is 510 g/mol. The van der Waals surface area contributed by atoms with Crippen molar-refractivity contribution in [3.05, 3.63) is 86.0 Å². The number of rotatable bonds is 10. The summed E-state index contributed by atoms with van der Waals surface area (Å²) in [5, 5.41) is 27.6. The van der Waals surface area contributed by atoms with Gasteiger partial charge in [0.1, 0.15) is 12.6 Å². The fraction of sp³-hybridized carbons (Fsp3) is 0.320. The number of carbonyl (C=O) groups is 3. The molecule has 1 aliphatic rings. The summed E-state index contributed by atoms with van der Waals surface area (Å²) < 4.78 is 5.15. The van der Waals surface area contributed by atoms with E-state index in [9.17, 15) is 34.6 Å². The van der Waals surface area contributed by atoms with E-state index in [1.165, 1.54) is 6.08 Å². The van der Waals surface area contributed by atoms with Gasteiger partial charge in [-0.05, 0) is 24.5 Å². The summed E-state index contributed by atoms with van der Waals surface area (Å²) in [6.45, 7) is -0.585. The number of benzene rings is 2. The molecule has 0 unspecified atom stereocenters. The predicted molar refractivity (Wildman–Crippen MR) is 132 cm³/mol. The molecule has 0 bridgehead atoms. The summed E-state index contributed by atoms with van der Waals surface area (Å²) in [5.74, 6) is -2.27. The van der Waals surface area contributed by atoms with Gasteiger partial charge in [-0.2, -0.15) is 0 Å². The zero-order chi connectivity index (χ0) is 26.8. The van der Waals surface area contributed by atoms with Crippen LogP contribution in [0, 0.1) is 20.2 Å². The third-order valence-electron chi connectivity index (χ3n) is 5.75. The molecule has 37 heavy (non-hydrogen) atoms. The summed E-state index contributed by atoms with van der Waals surface area (Å²) in [6, 6.07) is 10.1. The summed E-state index contributed by atoms with van der Waals surface area (Å²) in [5.41, 5.74) is -0.985. The second kappa shape index (κ2) is 12.9. The Hall–Kier alpha value is -4.61. The fourth-order valence-corrected chi connectivity index (χ4v) is 3.85. The van der Waals surface area contributed by atoms with E-state index in [0.29, 0.717) is 0 Å². The maximum absolute atomic E-state index is 12.9. The van der Waals surface area contributed by atoms with Crippen molar-refractivity contribution in [3.8, 4) is 0 Å². The highest BCUT2D eigenvalue weighted by Crippen LogP contribution is 2.23. The Balaban J connectivity index is 1.73. The van der Waals surface area contributed by atoms with Crippen LogP contribution in [-0.4, -0.2) is 46.3 Å². The van der Waals surface area contributed by atoms with Crippen LogP contribution in [0.5, 0.6) is 0 Å². The van der Waals surface area contributed by atoms with Crippen molar-refractivity contribution >= 4 is 35.2 Å². The standard InChI is InChI=1S/C25H26N4O8/c30-23(12-11-17-7-3-1-4-8-17)27-22(24(31)26-19-9-5-2-6-10-19)16-37-25(32)18-13-20(28(33)34)15-21(14-18)29(35)36/h1,3-4,7-8,11-15,19,22H,2,5-6,9-10,16H2,(H,26,31)(H,27,30)/b12-11+/t22-/m0/s1. The van der Waals surface area contributed by atoms with Gasteiger partial charge in [0.25, 0.3) is 11.4 Å². The van der Waals surface area contributed by atoms with E-state index in [-0.39, 0.29) is 6.04 Å². The first-order chi connectivity index (χ1) is 17.7. The first-order valence-corrected chi connectivity index (χ1v) is 11.7. The topological polar surface area (TPSA) is 171 Å². The van der Waals surface area contributed by atoms with Crippen LogP contribution < -0.4 is 10.6 Å². The summed E-state index contributed by atoms with van der Waals surface area (Å²) in [6.07, 6.45) is 7.37. The van der Waals surface area contributed by atoms with Crippen molar-refractivity contribution in [2.75, 3.05) is 6.61 Å². The lowest BCUT2D eigenvalue weighted by Gasteiger charge is -2.25. The summed E-state index contributed by atoms with van der Waals surface area (Å²) in [4.78, 5) is 58.5. The highest BCUT2D eigenvalue weighted by atomic mass is 16.6. The second-order valence-electron chi connectivity index (χ2n) is 8.50. The van der Waals surface area contributed by atoms with Crippen molar-refractivity contribution in [3.63, 3.8) is 0 Å². The molecular weight excluding hydrogens is 484 g/mol. The molecule has 2 aromatic carbocycles. The predicted octanol–water partition coefficient (Wildman–Crippen LogP) is 3.31. The van der Waals surface area contributed by atoms with Gasteiger partial charge in [0, 0.05) is 24.3 Å². The molecule has 1 fully saturated rings. The van der Waals surface area contributed by atoms with Gasteiger partial charge < -0.3 is 15.4 Å². The minimum atomic E-state index is -1.26. The average Bonchev–Trinajstić information content (AvgIpc) is 2.90. The molecule has 1 atom stereocenters. The van der Waals surface area contributed by atoms with Crippen LogP contribution in [-0.2, 0) is 14.3 Å². The van der Waals surface area contributed by atoms with Gasteiger partial charge in [-0.3, -0.25) is 29.8 Å². The highest BCUT2D eigenvalue weighted by Gasteiger charge is 2.27. The van der Waals surface area contributed by atoms with Crippen molar-refractivity contribution in [2.24, 2.45) is 0 Å². The Labute approximate surface area is 212 Å². The van der Waals surface area contributed by atoms with Gasteiger partial charge in [0.15, 0.2) is 0 Å². The maximum atomic E-state index is 12.9. The molecule has 2 amide bonds. The molecule has 12 heteroatoms. The SMILES string of the molecule is O=C(/C=C/c1ccccc1)N[C@@H](COC(=O)c1cc([N+](=O)[O-])cc([N+](=O)[O-])c1)C(=O)NC1CCCCC1. The number of esters is 1. The number of hydrogen-bond acceptors (Lipinski definition) is 8. The minimum absolute atomic E-state index is 0.0735. The summed E-state index contributed by atoms with van der Waals surface area (Å²) in [7, 11) is 0. The van der Waals surface area contributed by atoms with Crippen LogP contribution in [0.25, 0.3) is 6.08 Å². The molecule has 2 N–H and O–H groups in total. The Morgan fingerprint density at radius 3 is 2.19 bits per heavy atom. The van der Waals surface area contributed by atoms with E-state index in [1.807, 2.05) is 6.07 Å². The molecule has 0 radical (unpaired) electrons. The van der Waals surface area contributed by atoms with Gasteiger partial charge in [-0.25, -0.2) is 4.79 Å². The van der Waals surface area contributed by atoms with E-state index >= 15 is 0 Å². The number of nitro groups is 2. The van der Waals surface area contributed by atoms with Crippen LogP contribution in [0.15, 0.2) is 54.6 Å². The van der Waals surface area contributed by atoms with Crippen LogP contribution in [0.1, 0.15) is 48.0 Å². The highest BCUT2D eigenvalue weighted by molar-refractivity contribution is 5.96. The number of nitrogens with one attached hydrogen (secondary N) is 2. The fourth-order valence-electron chi connectivity index (χ4n) is 3.85. The Bertz CT molecular complexity index is 1160. The second-order valence-corrected chi connectivity index (χ2v) is 8.50. The average molecular weight is 511 g/mol. The molecule has 0 heterocycles. The number of hydrogen-bond donors (Lipinski definition) is 2. The molecule has 0 aromatic heterocycles. The number of non-ortho nitro benzene ring substituents is 2. The van der Waals surface area contributed by atoms with Crippen molar-refractivity contribution in [1.82, 2.24) is 10.6 Å². The third kappa shape index (κ3) is 8.23. The van der Waals surface area contributed by atoms with Gasteiger partial charge in [-0.1, -0.05) is 49.6 Å². The molecule has 2 aromatic rings. The first-order valence-electron chi connectivity index (χ1n) is 11.7. The molecular formula is C25H26N4O8. The van der Waals surface area contributed by atoms with Crippen LogP contribution in [0.2, 0.25) is 0 Å². The van der Waals surface area contributed by atoms with E-state index in [4.69, 9.17) is 4.74 Å². The molecule has 0 aliphatic heterocycles. The Morgan fingerprint density at radius 1 is 0.973 bits per heavy atom. The van der Waals surface area contributed by atoms with Gasteiger partial charge >= 0.3 is 5.97 Å². The molecule has 1 saturated carbocycles. The summed E-state index contributed by atoms with van der Waals surface area (Å²) >= 11 is 0. The van der Waals surface area contributed by atoms with E-state index in [0.717, 1.165) is 55.9 Å². The molecule has 194 valence electrons. The lowest BCUT2D eigenvalue weighted by molar-refractivity contribution is -0.394. The van der Waals surface area contributed by atoms with Crippen molar-refractivity contribution in [1.29, 1.82) is 0 Å². The third-order valence-corrected chi connectivity index (χ3v) is 5.75.